The predicted molar refractivity (Wildman–Crippen MR) is 96.9 cm³/mol. The maximum Gasteiger partial charge on any atom is 0.141 e. The third kappa shape index (κ3) is 3.46. The molecule has 0 fully saturated rings. The molecule has 0 radical (unpaired) electrons. The van der Waals surface area contributed by atoms with Crippen molar-refractivity contribution in [3.05, 3.63) is 56.0 Å². The maximum atomic E-state index is 5.55. The van der Waals surface area contributed by atoms with Gasteiger partial charge in [-0.1, -0.05) is 50.1 Å². The molecule has 2 aromatic carbocycles. The van der Waals surface area contributed by atoms with E-state index < -0.39 is 0 Å². The van der Waals surface area contributed by atoms with Crippen LogP contribution in [0.4, 0.5) is 0 Å². The first-order chi connectivity index (χ1) is 9.99. The third-order valence-electron chi connectivity index (χ3n) is 3.26. The Balaban J connectivity index is 2.50. The Morgan fingerprint density at radius 3 is 2.29 bits per heavy atom. The first-order valence-corrected chi connectivity index (χ1v) is 8.80. The SMILES string of the molecule is COc1ccc(C(Br)c2ccc(Br)c(C)c2)c(OC)c1Br. The molecule has 0 aliphatic rings. The molecule has 112 valence electrons. The molecule has 0 saturated carbocycles. The molecule has 5 heteroatoms. The summed E-state index contributed by atoms with van der Waals surface area (Å²) < 4.78 is 12.8. The van der Waals surface area contributed by atoms with Crippen molar-refractivity contribution in [3.8, 4) is 11.5 Å². The van der Waals surface area contributed by atoms with Crippen LogP contribution in [0.15, 0.2) is 39.3 Å². The van der Waals surface area contributed by atoms with Gasteiger partial charge in [-0.25, -0.2) is 0 Å². The lowest BCUT2D eigenvalue weighted by Crippen LogP contribution is -2.00. The molecule has 0 aromatic heterocycles. The molecule has 21 heavy (non-hydrogen) atoms. The third-order valence-corrected chi connectivity index (χ3v) is 5.93. The number of benzene rings is 2. The molecule has 2 nitrogen and oxygen atoms in total. The van der Waals surface area contributed by atoms with Gasteiger partial charge in [0.05, 0.1) is 19.0 Å². The van der Waals surface area contributed by atoms with Crippen LogP contribution >= 0.6 is 47.8 Å². The summed E-state index contributed by atoms with van der Waals surface area (Å²) in [7, 11) is 3.30. The fourth-order valence-electron chi connectivity index (χ4n) is 2.12. The zero-order valence-corrected chi connectivity index (χ0v) is 16.7. The summed E-state index contributed by atoms with van der Waals surface area (Å²) in [6.07, 6.45) is 0. The highest BCUT2D eigenvalue weighted by molar-refractivity contribution is 9.11. The summed E-state index contributed by atoms with van der Waals surface area (Å²) in [6.45, 7) is 2.08. The number of methoxy groups -OCH3 is 2. The molecule has 0 saturated heterocycles. The first kappa shape index (κ1) is 16.8. The van der Waals surface area contributed by atoms with Gasteiger partial charge in [0, 0.05) is 10.0 Å². The quantitative estimate of drug-likeness (QED) is 0.500. The van der Waals surface area contributed by atoms with Crippen LogP contribution < -0.4 is 9.47 Å². The minimum absolute atomic E-state index is 0.0430. The Bertz CT molecular complexity index is 656. The van der Waals surface area contributed by atoms with Crippen molar-refractivity contribution in [3.63, 3.8) is 0 Å². The van der Waals surface area contributed by atoms with E-state index in [0.717, 1.165) is 26.0 Å². The zero-order chi connectivity index (χ0) is 15.6. The molecule has 1 unspecified atom stereocenters. The largest absolute Gasteiger partial charge is 0.495 e. The maximum absolute atomic E-state index is 5.55. The fourth-order valence-corrected chi connectivity index (χ4v) is 3.70. The molecular weight excluding hydrogens is 464 g/mol. The van der Waals surface area contributed by atoms with Gasteiger partial charge in [-0.15, -0.1) is 0 Å². The lowest BCUT2D eigenvalue weighted by Gasteiger charge is -2.18. The van der Waals surface area contributed by atoms with Crippen molar-refractivity contribution in [2.75, 3.05) is 14.2 Å². The van der Waals surface area contributed by atoms with E-state index in [4.69, 9.17) is 9.47 Å². The number of halogens is 3. The van der Waals surface area contributed by atoms with E-state index in [0.29, 0.717) is 0 Å². The van der Waals surface area contributed by atoms with Crippen LogP contribution in [0.2, 0.25) is 0 Å². The Hall–Kier alpha value is -0.520. The molecule has 0 amide bonds. The van der Waals surface area contributed by atoms with E-state index in [2.05, 4.69) is 72.9 Å². The van der Waals surface area contributed by atoms with E-state index in [1.165, 1.54) is 11.1 Å². The molecule has 0 aliphatic heterocycles. The highest BCUT2D eigenvalue weighted by Crippen LogP contribution is 2.44. The van der Waals surface area contributed by atoms with E-state index >= 15 is 0 Å². The van der Waals surface area contributed by atoms with Gasteiger partial charge >= 0.3 is 0 Å². The summed E-state index contributed by atoms with van der Waals surface area (Å²) in [5.41, 5.74) is 3.42. The van der Waals surface area contributed by atoms with Crippen molar-refractivity contribution in [1.82, 2.24) is 0 Å². The van der Waals surface area contributed by atoms with Crippen LogP contribution in [0.3, 0.4) is 0 Å². The van der Waals surface area contributed by atoms with Crippen LogP contribution in [-0.4, -0.2) is 14.2 Å². The molecule has 2 rings (SSSR count). The number of rotatable bonds is 4. The number of alkyl halides is 1. The van der Waals surface area contributed by atoms with Crippen LogP contribution in [0.25, 0.3) is 0 Å². The number of aryl methyl sites for hydroxylation is 1. The fraction of sp³-hybridized carbons (Fsp3) is 0.250. The van der Waals surface area contributed by atoms with E-state index in [-0.39, 0.29) is 4.83 Å². The lowest BCUT2D eigenvalue weighted by atomic mass is 10.0. The van der Waals surface area contributed by atoms with E-state index in [1.807, 2.05) is 12.1 Å². The van der Waals surface area contributed by atoms with Gasteiger partial charge in [0.1, 0.15) is 16.0 Å². The van der Waals surface area contributed by atoms with Crippen molar-refractivity contribution in [2.45, 2.75) is 11.8 Å². The molecular formula is C16H15Br3O2. The second-order valence-electron chi connectivity index (χ2n) is 4.58. The minimum Gasteiger partial charge on any atom is -0.495 e. The van der Waals surface area contributed by atoms with Gasteiger partial charge in [-0.2, -0.15) is 0 Å². The smallest absolute Gasteiger partial charge is 0.141 e. The van der Waals surface area contributed by atoms with E-state index in [9.17, 15) is 0 Å². The van der Waals surface area contributed by atoms with E-state index in [1.54, 1.807) is 14.2 Å². The first-order valence-electron chi connectivity index (χ1n) is 6.30. The predicted octanol–water partition coefficient (Wildman–Crippen LogP) is 6.02. The van der Waals surface area contributed by atoms with Crippen LogP contribution in [0, 0.1) is 6.92 Å². The highest BCUT2D eigenvalue weighted by Gasteiger charge is 2.20. The second kappa shape index (κ2) is 7.16. The van der Waals surface area contributed by atoms with Crippen LogP contribution in [0.1, 0.15) is 21.5 Å². The monoisotopic (exact) mass is 476 g/mol. The Morgan fingerprint density at radius 2 is 1.71 bits per heavy atom. The summed E-state index contributed by atoms with van der Waals surface area (Å²) in [5, 5.41) is 0. The van der Waals surface area contributed by atoms with Crippen molar-refractivity contribution in [1.29, 1.82) is 0 Å². The standard InChI is InChI=1S/C16H15Br3O2/c1-9-8-10(4-6-12(9)17)14(18)11-5-7-13(20-2)15(19)16(11)21-3/h4-8,14H,1-3H3. The highest BCUT2D eigenvalue weighted by atomic mass is 79.9. The average Bonchev–Trinajstić information content (AvgIpc) is 2.49. The molecule has 0 bridgehead atoms. The Labute approximate surface area is 150 Å². The molecule has 0 spiro atoms. The lowest BCUT2D eigenvalue weighted by molar-refractivity contribution is 0.386. The number of hydrogen-bond acceptors (Lipinski definition) is 2. The average molecular weight is 479 g/mol. The Kier molecular flexibility index (Phi) is 5.74. The summed E-state index contributed by atoms with van der Waals surface area (Å²) in [5.74, 6) is 1.53. The number of ether oxygens (including phenoxy) is 2. The molecule has 2 aromatic rings. The van der Waals surface area contributed by atoms with Crippen LogP contribution in [-0.2, 0) is 0 Å². The normalized spacial score (nSPS) is 12.1. The second-order valence-corrected chi connectivity index (χ2v) is 7.14. The summed E-state index contributed by atoms with van der Waals surface area (Å²) in [4.78, 5) is 0.0430. The Morgan fingerprint density at radius 1 is 1.00 bits per heavy atom. The van der Waals surface area contributed by atoms with Gasteiger partial charge in [-0.3, -0.25) is 0 Å². The zero-order valence-electron chi connectivity index (χ0n) is 11.9. The minimum atomic E-state index is 0.0430. The molecule has 1 atom stereocenters. The topological polar surface area (TPSA) is 18.5 Å². The summed E-state index contributed by atoms with van der Waals surface area (Å²) in [6, 6.07) is 10.3. The van der Waals surface area contributed by atoms with Gasteiger partial charge in [0.2, 0.25) is 0 Å². The van der Waals surface area contributed by atoms with Crippen molar-refractivity contribution >= 4 is 47.8 Å². The van der Waals surface area contributed by atoms with Crippen molar-refractivity contribution < 1.29 is 9.47 Å². The van der Waals surface area contributed by atoms with Crippen molar-refractivity contribution in [2.24, 2.45) is 0 Å². The molecule has 0 heterocycles. The molecule has 0 N–H and O–H groups in total. The van der Waals surface area contributed by atoms with Gasteiger partial charge in [0.15, 0.2) is 0 Å². The molecule has 0 aliphatic carbocycles. The van der Waals surface area contributed by atoms with Gasteiger partial charge in [-0.05, 0) is 46.1 Å². The van der Waals surface area contributed by atoms with Gasteiger partial charge < -0.3 is 9.47 Å². The number of hydrogen-bond donors (Lipinski definition) is 0. The summed E-state index contributed by atoms with van der Waals surface area (Å²) >= 11 is 10.8. The van der Waals surface area contributed by atoms with Gasteiger partial charge in [0.25, 0.3) is 0 Å². The van der Waals surface area contributed by atoms with Crippen LogP contribution in [0.5, 0.6) is 11.5 Å².